The number of hydrogen-bond acceptors (Lipinski definition) is 5. The highest BCUT2D eigenvalue weighted by molar-refractivity contribution is 5.55. The first-order valence-corrected chi connectivity index (χ1v) is 6.74. The molecule has 1 aromatic heterocycles. The van der Waals surface area contributed by atoms with Gasteiger partial charge in [0.2, 0.25) is 0 Å². The van der Waals surface area contributed by atoms with Crippen molar-refractivity contribution < 1.29 is 0 Å². The van der Waals surface area contributed by atoms with Gasteiger partial charge in [-0.2, -0.15) is 0 Å². The molecule has 2 rings (SSSR count). The molecule has 18 heavy (non-hydrogen) atoms. The number of nitrogens with two attached hydrogens (primary N) is 1. The number of nitrogens with one attached hydrogen (secondary N) is 2. The van der Waals surface area contributed by atoms with Gasteiger partial charge in [-0.1, -0.05) is 26.2 Å². The molecule has 1 saturated carbocycles. The summed E-state index contributed by atoms with van der Waals surface area (Å²) in [6.45, 7) is 5.32. The molecular weight excluding hydrogens is 226 g/mol. The van der Waals surface area contributed by atoms with Crippen LogP contribution in [0.4, 0.5) is 11.6 Å². The van der Waals surface area contributed by atoms with E-state index in [-0.39, 0.29) is 0 Å². The van der Waals surface area contributed by atoms with E-state index in [1.165, 1.54) is 32.0 Å². The average molecular weight is 249 g/mol. The molecule has 100 valence electrons. The van der Waals surface area contributed by atoms with Crippen LogP contribution in [0.15, 0.2) is 6.33 Å². The Morgan fingerprint density at radius 1 is 1.28 bits per heavy atom. The summed E-state index contributed by atoms with van der Waals surface area (Å²) in [6, 6.07) is 0. The second-order valence-corrected chi connectivity index (χ2v) is 5.24. The van der Waals surface area contributed by atoms with E-state index < -0.39 is 0 Å². The van der Waals surface area contributed by atoms with Crippen LogP contribution < -0.4 is 16.6 Å². The molecule has 0 saturated heterocycles. The minimum Gasteiger partial charge on any atom is -0.369 e. The zero-order valence-corrected chi connectivity index (χ0v) is 11.2. The molecule has 1 fully saturated rings. The van der Waals surface area contributed by atoms with Crippen LogP contribution in [0.1, 0.15) is 38.2 Å². The molecule has 1 aliphatic carbocycles. The first-order valence-electron chi connectivity index (χ1n) is 6.74. The van der Waals surface area contributed by atoms with Crippen LogP contribution >= 0.6 is 0 Å². The maximum Gasteiger partial charge on any atom is 0.148 e. The summed E-state index contributed by atoms with van der Waals surface area (Å²) in [5, 5.41) is 3.44. The predicted molar refractivity (Wildman–Crippen MR) is 74.2 cm³/mol. The van der Waals surface area contributed by atoms with Crippen molar-refractivity contribution in [2.75, 3.05) is 17.3 Å². The monoisotopic (exact) mass is 249 g/mol. The van der Waals surface area contributed by atoms with Crippen molar-refractivity contribution in [2.45, 2.75) is 39.5 Å². The Bertz CT molecular complexity index is 393. The maximum atomic E-state index is 5.41. The summed E-state index contributed by atoms with van der Waals surface area (Å²) < 4.78 is 0. The normalized spacial score (nSPS) is 23.7. The number of rotatable bonds is 4. The standard InChI is InChI=1S/C13H23N5/c1-9-5-3-4-6-11(9)7-15-12-10(2)13(18-14)17-8-16-12/h8-9,11H,3-7,14H2,1-2H3,(H2,15,16,17,18). The fourth-order valence-corrected chi connectivity index (χ4v) is 2.70. The fourth-order valence-electron chi connectivity index (χ4n) is 2.70. The summed E-state index contributed by atoms with van der Waals surface area (Å²) in [5.74, 6) is 8.54. The van der Waals surface area contributed by atoms with E-state index in [4.69, 9.17) is 5.84 Å². The van der Waals surface area contributed by atoms with Crippen molar-refractivity contribution in [1.82, 2.24) is 9.97 Å². The summed E-state index contributed by atoms with van der Waals surface area (Å²) in [5.41, 5.74) is 3.57. The summed E-state index contributed by atoms with van der Waals surface area (Å²) in [7, 11) is 0. The second kappa shape index (κ2) is 6.00. The van der Waals surface area contributed by atoms with Crippen LogP contribution in [-0.4, -0.2) is 16.5 Å². The molecule has 2 unspecified atom stereocenters. The number of hydrazine groups is 1. The molecule has 5 nitrogen and oxygen atoms in total. The average Bonchev–Trinajstić information content (AvgIpc) is 2.39. The lowest BCUT2D eigenvalue weighted by Crippen LogP contribution is -2.25. The van der Waals surface area contributed by atoms with E-state index in [1.54, 1.807) is 0 Å². The van der Waals surface area contributed by atoms with Gasteiger partial charge < -0.3 is 10.7 Å². The predicted octanol–water partition coefficient (Wildman–Crippen LogP) is 2.31. The smallest absolute Gasteiger partial charge is 0.148 e. The topological polar surface area (TPSA) is 75.9 Å². The molecule has 0 aliphatic heterocycles. The molecule has 5 heteroatoms. The van der Waals surface area contributed by atoms with Gasteiger partial charge in [-0.3, -0.25) is 0 Å². The van der Waals surface area contributed by atoms with E-state index in [1.807, 2.05) is 6.92 Å². The van der Waals surface area contributed by atoms with Crippen LogP contribution in [0.5, 0.6) is 0 Å². The van der Waals surface area contributed by atoms with Gasteiger partial charge in [0.1, 0.15) is 18.0 Å². The number of hydrogen-bond donors (Lipinski definition) is 3. The second-order valence-electron chi connectivity index (χ2n) is 5.24. The molecular formula is C13H23N5. The summed E-state index contributed by atoms with van der Waals surface area (Å²) >= 11 is 0. The van der Waals surface area contributed by atoms with Gasteiger partial charge in [0.25, 0.3) is 0 Å². The lowest BCUT2D eigenvalue weighted by atomic mass is 9.80. The molecule has 1 heterocycles. The minimum atomic E-state index is 0.684. The van der Waals surface area contributed by atoms with Gasteiger partial charge >= 0.3 is 0 Å². The van der Waals surface area contributed by atoms with Crippen molar-refractivity contribution in [3.63, 3.8) is 0 Å². The number of anilines is 2. The van der Waals surface area contributed by atoms with E-state index in [0.29, 0.717) is 5.82 Å². The van der Waals surface area contributed by atoms with Gasteiger partial charge in [-0.25, -0.2) is 15.8 Å². The molecule has 1 aliphatic rings. The third-order valence-electron chi connectivity index (χ3n) is 4.04. The largest absolute Gasteiger partial charge is 0.369 e. The van der Waals surface area contributed by atoms with Crippen molar-refractivity contribution in [1.29, 1.82) is 0 Å². The van der Waals surface area contributed by atoms with E-state index in [2.05, 4.69) is 27.6 Å². The molecule has 0 aromatic carbocycles. The zero-order valence-electron chi connectivity index (χ0n) is 11.2. The highest BCUT2D eigenvalue weighted by Crippen LogP contribution is 2.30. The highest BCUT2D eigenvalue weighted by atomic mass is 15.3. The molecule has 2 atom stereocenters. The fraction of sp³-hybridized carbons (Fsp3) is 0.692. The number of nitrogen functional groups attached to an aromatic ring is 1. The molecule has 0 amide bonds. The van der Waals surface area contributed by atoms with Crippen LogP contribution in [0.2, 0.25) is 0 Å². The zero-order chi connectivity index (χ0) is 13.0. The van der Waals surface area contributed by atoms with E-state index >= 15 is 0 Å². The first-order chi connectivity index (χ1) is 8.72. The quantitative estimate of drug-likeness (QED) is 0.564. The third kappa shape index (κ3) is 2.90. The Morgan fingerprint density at radius 3 is 2.72 bits per heavy atom. The Balaban J connectivity index is 1.97. The summed E-state index contributed by atoms with van der Waals surface area (Å²) in [4.78, 5) is 8.36. The highest BCUT2D eigenvalue weighted by Gasteiger charge is 2.21. The SMILES string of the molecule is Cc1c(NN)ncnc1NCC1CCCCC1C. The van der Waals surface area contributed by atoms with Gasteiger partial charge in [0.15, 0.2) is 0 Å². The van der Waals surface area contributed by atoms with Gasteiger partial charge in [-0.15, -0.1) is 0 Å². The van der Waals surface area contributed by atoms with Crippen LogP contribution in [-0.2, 0) is 0 Å². The van der Waals surface area contributed by atoms with E-state index in [9.17, 15) is 0 Å². The van der Waals surface area contributed by atoms with E-state index in [0.717, 1.165) is 29.8 Å². The van der Waals surface area contributed by atoms with Crippen LogP contribution in [0, 0.1) is 18.8 Å². The van der Waals surface area contributed by atoms with Crippen molar-refractivity contribution in [2.24, 2.45) is 17.7 Å². The number of nitrogens with zero attached hydrogens (tertiary/aromatic N) is 2. The Labute approximate surface area is 109 Å². The van der Waals surface area contributed by atoms with Crippen molar-refractivity contribution in [3.8, 4) is 0 Å². The van der Waals surface area contributed by atoms with Crippen LogP contribution in [0.3, 0.4) is 0 Å². The van der Waals surface area contributed by atoms with Crippen LogP contribution in [0.25, 0.3) is 0 Å². The molecule has 4 N–H and O–H groups in total. The Hall–Kier alpha value is -1.36. The molecule has 0 bridgehead atoms. The third-order valence-corrected chi connectivity index (χ3v) is 4.04. The van der Waals surface area contributed by atoms with Gasteiger partial charge in [-0.05, 0) is 25.2 Å². The lowest BCUT2D eigenvalue weighted by Gasteiger charge is -2.29. The van der Waals surface area contributed by atoms with Crippen molar-refractivity contribution >= 4 is 11.6 Å². The Morgan fingerprint density at radius 2 is 2.00 bits per heavy atom. The number of aromatic nitrogens is 2. The molecule has 0 spiro atoms. The molecule has 0 radical (unpaired) electrons. The van der Waals surface area contributed by atoms with Crippen molar-refractivity contribution in [3.05, 3.63) is 11.9 Å². The van der Waals surface area contributed by atoms with Gasteiger partial charge in [0, 0.05) is 12.1 Å². The minimum absolute atomic E-state index is 0.684. The van der Waals surface area contributed by atoms with Gasteiger partial charge in [0.05, 0.1) is 0 Å². The molecule has 1 aromatic rings. The summed E-state index contributed by atoms with van der Waals surface area (Å²) in [6.07, 6.45) is 6.94. The maximum absolute atomic E-state index is 5.41. The Kier molecular flexibility index (Phi) is 4.36. The first kappa shape index (κ1) is 13.1. The lowest BCUT2D eigenvalue weighted by molar-refractivity contribution is 0.268.